The number of benzene rings is 1. The quantitative estimate of drug-likeness (QED) is 0.561. The lowest BCUT2D eigenvalue weighted by Crippen LogP contribution is -2.41. The Bertz CT molecular complexity index is 510. The minimum Gasteiger partial charge on any atom is -0.497 e. The highest BCUT2D eigenvalue weighted by Gasteiger charge is 2.32. The fourth-order valence-electron chi connectivity index (χ4n) is 2.14. The van der Waals surface area contributed by atoms with Crippen LogP contribution in [0.4, 0.5) is 5.69 Å². The van der Waals surface area contributed by atoms with Crippen LogP contribution in [0.15, 0.2) is 36.9 Å². The minimum absolute atomic E-state index is 0.0843. The van der Waals surface area contributed by atoms with Crippen molar-refractivity contribution >= 4 is 17.4 Å². The third kappa shape index (κ3) is 4.91. The van der Waals surface area contributed by atoms with E-state index in [1.54, 1.807) is 44.4 Å². The van der Waals surface area contributed by atoms with Crippen molar-refractivity contribution in [3.63, 3.8) is 0 Å². The number of hydrogen-bond donors (Lipinski definition) is 1. The molecule has 22 heavy (non-hydrogen) atoms. The zero-order valence-electron chi connectivity index (χ0n) is 13.3. The molecule has 0 saturated carbocycles. The zero-order chi connectivity index (χ0) is 16.5. The number of rotatable bonds is 9. The van der Waals surface area contributed by atoms with Crippen LogP contribution in [0.3, 0.4) is 0 Å². The number of anilines is 1. The topological polar surface area (TPSA) is 64.6 Å². The number of allylic oxidation sites excluding steroid dienone is 1. The maximum atomic E-state index is 12.2. The summed E-state index contributed by atoms with van der Waals surface area (Å²) >= 11 is 0. The predicted octanol–water partition coefficient (Wildman–Crippen LogP) is 2.82. The molecular weight excluding hydrogens is 282 g/mol. The maximum absolute atomic E-state index is 12.2. The van der Waals surface area contributed by atoms with Gasteiger partial charge in [-0.15, -0.1) is 6.58 Å². The van der Waals surface area contributed by atoms with Gasteiger partial charge in [0.25, 0.3) is 0 Å². The Balaban J connectivity index is 2.99. The van der Waals surface area contributed by atoms with E-state index in [2.05, 4.69) is 11.9 Å². The van der Waals surface area contributed by atoms with E-state index in [1.165, 1.54) is 6.92 Å². The minimum atomic E-state index is -0.746. The highest BCUT2D eigenvalue weighted by Crippen LogP contribution is 2.21. The first kappa shape index (κ1) is 17.8. The molecule has 0 radical (unpaired) electrons. The van der Waals surface area contributed by atoms with Gasteiger partial charge >= 0.3 is 5.97 Å². The van der Waals surface area contributed by atoms with Crippen LogP contribution in [-0.2, 0) is 14.3 Å². The molecule has 0 aliphatic carbocycles. The lowest BCUT2D eigenvalue weighted by Gasteiger charge is -2.24. The van der Waals surface area contributed by atoms with Gasteiger partial charge in [0.05, 0.1) is 19.6 Å². The van der Waals surface area contributed by atoms with Crippen molar-refractivity contribution < 1.29 is 19.1 Å². The molecule has 0 aliphatic heterocycles. The van der Waals surface area contributed by atoms with Crippen molar-refractivity contribution in [2.24, 2.45) is 5.92 Å². The van der Waals surface area contributed by atoms with Crippen LogP contribution in [0.2, 0.25) is 0 Å². The van der Waals surface area contributed by atoms with Gasteiger partial charge in [-0.3, -0.25) is 4.79 Å². The lowest BCUT2D eigenvalue weighted by atomic mass is 9.92. The number of ketones is 1. The van der Waals surface area contributed by atoms with Gasteiger partial charge in [-0.1, -0.05) is 6.08 Å². The van der Waals surface area contributed by atoms with Crippen LogP contribution in [0.1, 0.15) is 20.3 Å². The lowest BCUT2D eigenvalue weighted by molar-refractivity contribution is -0.147. The number of carbonyl (C=O) groups excluding carboxylic acids is 2. The molecule has 0 bridgehead atoms. The van der Waals surface area contributed by atoms with Crippen LogP contribution < -0.4 is 10.1 Å². The van der Waals surface area contributed by atoms with Crippen molar-refractivity contribution in [2.75, 3.05) is 19.0 Å². The number of nitrogens with one attached hydrogen (secondary N) is 1. The summed E-state index contributed by atoms with van der Waals surface area (Å²) in [7, 11) is 1.58. The van der Waals surface area contributed by atoms with Gasteiger partial charge in [0.15, 0.2) is 0 Å². The molecule has 0 unspecified atom stereocenters. The molecule has 0 amide bonds. The summed E-state index contributed by atoms with van der Waals surface area (Å²) in [5.41, 5.74) is 0.717. The molecule has 0 aromatic heterocycles. The summed E-state index contributed by atoms with van der Waals surface area (Å²) in [6.07, 6.45) is 2.04. The van der Waals surface area contributed by atoms with Gasteiger partial charge in [0.1, 0.15) is 17.6 Å². The van der Waals surface area contributed by atoms with E-state index >= 15 is 0 Å². The van der Waals surface area contributed by atoms with Gasteiger partial charge in [-0.2, -0.15) is 0 Å². The Kier molecular flexibility index (Phi) is 7.16. The van der Waals surface area contributed by atoms with Crippen molar-refractivity contribution in [2.45, 2.75) is 26.3 Å². The average Bonchev–Trinajstić information content (AvgIpc) is 2.51. The Morgan fingerprint density at radius 2 is 1.95 bits per heavy atom. The first-order valence-corrected chi connectivity index (χ1v) is 7.22. The fourth-order valence-corrected chi connectivity index (χ4v) is 2.14. The van der Waals surface area contributed by atoms with Crippen LogP contribution in [-0.4, -0.2) is 31.5 Å². The van der Waals surface area contributed by atoms with E-state index < -0.39 is 17.9 Å². The summed E-state index contributed by atoms with van der Waals surface area (Å²) in [6, 6.07) is 6.39. The van der Waals surface area contributed by atoms with Crippen molar-refractivity contribution in [3.8, 4) is 5.75 Å². The van der Waals surface area contributed by atoms with Gasteiger partial charge in [-0.05, 0) is 44.5 Å². The Hall–Kier alpha value is -2.30. The molecule has 5 nitrogen and oxygen atoms in total. The van der Waals surface area contributed by atoms with Crippen LogP contribution in [0.25, 0.3) is 0 Å². The smallest absolute Gasteiger partial charge is 0.329 e. The second-order valence-electron chi connectivity index (χ2n) is 4.84. The molecule has 1 N–H and O–H groups in total. The number of hydrogen-bond acceptors (Lipinski definition) is 5. The summed E-state index contributed by atoms with van der Waals surface area (Å²) in [5.74, 6) is -0.328. The van der Waals surface area contributed by atoms with Crippen LogP contribution in [0, 0.1) is 5.92 Å². The first-order chi connectivity index (χ1) is 10.5. The SMILES string of the molecule is C=CC[C@H](C(C)=O)[C@H](Nc1ccc(OC)cc1)C(=O)OCC. The Morgan fingerprint density at radius 1 is 1.32 bits per heavy atom. The highest BCUT2D eigenvalue weighted by atomic mass is 16.5. The molecule has 5 heteroatoms. The third-order valence-electron chi connectivity index (χ3n) is 3.30. The number of Topliss-reactive ketones (excluding diaryl/α,β-unsaturated/α-hetero) is 1. The molecule has 1 aromatic rings. The predicted molar refractivity (Wildman–Crippen MR) is 86.0 cm³/mol. The van der Waals surface area contributed by atoms with E-state index in [9.17, 15) is 9.59 Å². The van der Waals surface area contributed by atoms with Crippen LogP contribution in [0.5, 0.6) is 5.75 Å². The van der Waals surface area contributed by atoms with Gasteiger partial charge < -0.3 is 14.8 Å². The Morgan fingerprint density at radius 3 is 2.41 bits per heavy atom. The maximum Gasteiger partial charge on any atom is 0.329 e. The summed E-state index contributed by atoms with van der Waals surface area (Å²) < 4.78 is 10.2. The van der Waals surface area contributed by atoms with E-state index in [0.717, 1.165) is 0 Å². The van der Waals surface area contributed by atoms with Crippen molar-refractivity contribution in [3.05, 3.63) is 36.9 Å². The second-order valence-corrected chi connectivity index (χ2v) is 4.84. The summed E-state index contributed by atoms with van der Waals surface area (Å²) in [5, 5.41) is 3.08. The number of carbonyl (C=O) groups is 2. The van der Waals surface area contributed by atoms with E-state index in [1.807, 2.05) is 0 Å². The second kappa shape index (κ2) is 8.87. The first-order valence-electron chi connectivity index (χ1n) is 7.22. The van der Waals surface area contributed by atoms with E-state index in [0.29, 0.717) is 17.9 Å². The van der Waals surface area contributed by atoms with Crippen molar-refractivity contribution in [1.29, 1.82) is 0 Å². The monoisotopic (exact) mass is 305 g/mol. The van der Waals surface area contributed by atoms with Crippen LogP contribution >= 0.6 is 0 Å². The molecule has 0 aliphatic rings. The molecular formula is C17H23NO4. The number of ether oxygens (including phenoxy) is 2. The van der Waals surface area contributed by atoms with E-state index in [4.69, 9.17) is 9.47 Å². The molecule has 0 spiro atoms. The fraction of sp³-hybridized carbons (Fsp3) is 0.412. The Labute approximate surface area is 131 Å². The molecule has 0 fully saturated rings. The standard InChI is InChI=1S/C17H23NO4/c1-5-7-15(12(3)19)16(17(20)22-6-2)18-13-8-10-14(21-4)11-9-13/h5,8-11,15-16,18H,1,6-7H2,2-4H3/t15-,16+/m1/s1. The summed E-state index contributed by atoms with van der Waals surface area (Å²) in [6.45, 7) is 7.12. The molecule has 2 atom stereocenters. The molecule has 0 saturated heterocycles. The summed E-state index contributed by atoms with van der Waals surface area (Å²) in [4.78, 5) is 24.1. The van der Waals surface area contributed by atoms with E-state index in [-0.39, 0.29) is 12.4 Å². The number of methoxy groups -OCH3 is 1. The normalized spacial score (nSPS) is 12.9. The zero-order valence-corrected chi connectivity index (χ0v) is 13.3. The largest absolute Gasteiger partial charge is 0.497 e. The van der Waals surface area contributed by atoms with Gasteiger partial charge in [-0.25, -0.2) is 4.79 Å². The van der Waals surface area contributed by atoms with Crippen molar-refractivity contribution in [1.82, 2.24) is 0 Å². The molecule has 1 aromatic carbocycles. The van der Waals surface area contributed by atoms with Gasteiger partial charge in [0, 0.05) is 5.69 Å². The highest BCUT2D eigenvalue weighted by molar-refractivity contribution is 5.89. The molecule has 0 heterocycles. The number of esters is 1. The third-order valence-corrected chi connectivity index (χ3v) is 3.30. The molecule has 120 valence electrons. The van der Waals surface area contributed by atoms with Gasteiger partial charge in [0.2, 0.25) is 0 Å². The average molecular weight is 305 g/mol. The molecule has 1 rings (SSSR count).